The van der Waals surface area contributed by atoms with Gasteiger partial charge in [-0.15, -0.1) is 0 Å². The molecule has 3 rings (SSSR count). The Kier molecular flexibility index (Phi) is 5.73. The van der Waals surface area contributed by atoms with Crippen molar-refractivity contribution in [1.29, 1.82) is 0 Å². The molecule has 0 fully saturated rings. The van der Waals surface area contributed by atoms with E-state index in [-0.39, 0.29) is 0 Å². The van der Waals surface area contributed by atoms with Crippen LogP contribution in [-0.2, 0) is 13.0 Å². The predicted octanol–water partition coefficient (Wildman–Crippen LogP) is 2.75. The van der Waals surface area contributed by atoms with Crippen LogP contribution in [0.4, 0.5) is 0 Å². The van der Waals surface area contributed by atoms with Gasteiger partial charge in [0, 0.05) is 32.0 Å². The van der Waals surface area contributed by atoms with Crippen LogP contribution in [0.2, 0.25) is 0 Å². The highest BCUT2D eigenvalue weighted by molar-refractivity contribution is 7.07. The Morgan fingerprint density at radius 3 is 2.96 bits per heavy atom. The van der Waals surface area contributed by atoms with Crippen LogP contribution in [-0.4, -0.2) is 40.4 Å². The third-order valence-electron chi connectivity index (χ3n) is 4.64. The molecule has 1 aliphatic rings. The van der Waals surface area contributed by atoms with Crippen molar-refractivity contribution >= 4 is 17.3 Å². The van der Waals surface area contributed by atoms with Gasteiger partial charge in [-0.3, -0.25) is 4.99 Å². The minimum Gasteiger partial charge on any atom is -0.356 e. The maximum Gasteiger partial charge on any atom is 0.191 e. The molecule has 2 aromatic rings. The molecule has 0 aromatic carbocycles. The first-order valence-corrected chi connectivity index (χ1v) is 9.94. The molecule has 2 aromatic heterocycles. The van der Waals surface area contributed by atoms with E-state index in [0.717, 1.165) is 43.5 Å². The van der Waals surface area contributed by atoms with Crippen molar-refractivity contribution in [3.63, 3.8) is 0 Å². The lowest BCUT2D eigenvalue weighted by Crippen LogP contribution is -2.47. The number of aliphatic imine (C=N–C) groups is 1. The van der Waals surface area contributed by atoms with E-state index in [1.165, 1.54) is 5.56 Å². The summed E-state index contributed by atoms with van der Waals surface area (Å²) in [6.07, 6.45) is 2.01. The number of aryl methyl sites for hydroxylation is 1. The van der Waals surface area contributed by atoms with Crippen molar-refractivity contribution in [2.75, 3.05) is 13.6 Å². The molecule has 0 saturated carbocycles. The Labute approximate surface area is 153 Å². The fourth-order valence-corrected chi connectivity index (χ4v) is 3.78. The fraction of sp³-hybridized carbons (Fsp3) is 0.611. The molecule has 0 bridgehead atoms. The summed E-state index contributed by atoms with van der Waals surface area (Å²) in [5.41, 5.74) is 1.37. The Morgan fingerprint density at radius 1 is 1.44 bits per heavy atom. The number of rotatable bonds is 5. The molecule has 0 radical (unpaired) electrons. The fourth-order valence-electron chi connectivity index (χ4n) is 3.00. The summed E-state index contributed by atoms with van der Waals surface area (Å²) in [4.78, 5) is 9.03. The highest BCUT2D eigenvalue weighted by atomic mass is 32.1. The first-order chi connectivity index (χ1) is 12.1. The Morgan fingerprint density at radius 2 is 2.28 bits per heavy atom. The third-order valence-corrected chi connectivity index (χ3v) is 5.34. The van der Waals surface area contributed by atoms with Crippen molar-refractivity contribution in [3.8, 4) is 0 Å². The molecule has 0 amide bonds. The first-order valence-electron chi connectivity index (χ1n) is 8.99. The summed E-state index contributed by atoms with van der Waals surface area (Å²) in [5.74, 6) is 3.75. The number of hydrogen-bond donors (Lipinski definition) is 2. The van der Waals surface area contributed by atoms with E-state index in [1.54, 1.807) is 11.3 Å². The Hall–Kier alpha value is -1.89. The highest BCUT2D eigenvalue weighted by Gasteiger charge is 2.23. The van der Waals surface area contributed by atoms with Crippen molar-refractivity contribution < 1.29 is 0 Å². The minimum atomic E-state index is 0.330. The zero-order valence-electron chi connectivity index (χ0n) is 15.5. The second-order valence-corrected chi connectivity index (χ2v) is 7.79. The van der Waals surface area contributed by atoms with Gasteiger partial charge in [0.05, 0.1) is 6.54 Å². The summed E-state index contributed by atoms with van der Waals surface area (Å²) in [6.45, 7) is 8.22. The van der Waals surface area contributed by atoms with Crippen LogP contribution in [0.1, 0.15) is 56.2 Å². The summed E-state index contributed by atoms with van der Waals surface area (Å²) < 4.78 is 2.05. The first kappa shape index (κ1) is 17.9. The molecule has 7 heteroatoms. The topological polar surface area (TPSA) is 67.1 Å². The van der Waals surface area contributed by atoms with Crippen LogP contribution in [0.3, 0.4) is 0 Å². The molecule has 0 aliphatic carbocycles. The molecular formula is C18H28N6S. The second kappa shape index (κ2) is 7.99. The van der Waals surface area contributed by atoms with Crippen LogP contribution >= 0.6 is 11.3 Å². The zero-order valence-corrected chi connectivity index (χ0v) is 16.3. The van der Waals surface area contributed by atoms with Crippen LogP contribution in [0, 0.1) is 0 Å². The van der Waals surface area contributed by atoms with Gasteiger partial charge in [-0.05, 0) is 34.7 Å². The van der Waals surface area contributed by atoms with Crippen molar-refractivity contribution in [1.82, 2.24) is 25.4 Å². The van der Waals surface area contributed by atoms with E-state index in [9.17, 15) is 0 Å². The number of fused-ring (bicyclic) bond motifs is 1. The number of thiophene rings is 1. The molecule has 2 N–H and O–H groups in total. The van der Waals surface area contributed by atoms with Gasteiger partial charge in [0.15, 0.2) is 11.8 Å². The normalized spacial score (nSPS) is 18.9. The lowest BCUT2D eigenvalue weighted by atomic mass is 10.1. The molecule has 0 saturated heterocycles. The van der Waals surface area contributed by atoms with Crippen LogP contribution in [0.25, 0.3) is 0 Å². The van der Waals surface area contributed by atoms with Gasteiger partial charge >= 0.3 is 0 Å². The van der Waals surface area contributed by atoms with E-state index < -0.39 is 0 Å². The van der Waals surface area contributed by atoms with Gasteiger partial charge in [0.2, 0.25) is 0 Å². The molecule has 2 unspecified atom stereocenters. The van der Waals surface area contributed by atoms with E-state index in [1.807, 2.05) is 7.05 Å². The molecule has 6 nitrogen and oxygen atoms in total. The smallest absolute Gasteiger partial charge is 0.191 e. The van der Waals surface area contributed by atoms with Gasteiger partial charge in [0.25, 0.3) is 0 Å². The lowest BCUT2D eigenvalue weighted by Gasteiger charge is -2.26. The second-order valence-electron chi connectivity index (χ2n) is 7.01. The number of hydrogen-bond acceptors (Lipinski definition) is 4. The maximum atomic E-state index is 4.65. The van der Waals surface area contributed by atoms with Gasteiger partial charge in [-0.1, -0.05) is 20.8 Å². The average molecular weight is 361 g/mol. The Balaban J connectivity index is 1.54. The van der Waals surface area contributed by atoms with Crippen molar-refractivity contribution in [3.05, 3.63) is 34.0 Å². The number of nitrogens with zero attached hydrogens (tertiary/aromatic N) is 4. The third kappa shape index (κ3) is 4.39. The average Bonchev–Trinajstić information content (AvgIpc) is 3.27. The molecule has 0 spiro atoms. The van der Waals surface area contributed by atoms with Crippen molar-refractivity contribution in [2.24, 2.45) is 4.99 Å². The number of nitrogens with one attached hydrogen (secondary N) is 2. The summed E-state index contributed by atoms with van der Waals surface area (Å²) in [6, 6.07) is 2.52. The minimum absolute atomic E-state index is 0.330. The molecule has 136 valence electrons. The van der Waals surface area contributed by atoms with Crippen LogP contribution < -0.4 is 10.6 Å². The SMILES string of the molecule is CN=C(NCC(C)c1ccsc1)NC1CCc2nc(C(C)C)nn2C1. The van der Waals surface area contributed by atoms with Crippen LogP contribution in [0.15, 0.2) is 21.8 Å². The monoisotopic (exact) mass is 360 g/mol. The molecule has 1 aliphatic heterocycles. The standard InChI is InChI=1S/C18H28N6S/c1-12(2)17-22-16-6-5-15(10-24(16)23-17)21-18(19-4)20-9-13(3)14-7-8-25-11-14/h7-8,11-13,15H,5-6,9-10H2,1-4H3,(H2,19,20,21). The molecular weight excluding hydrogens is 332 g/mol. The highest BCUT2D eigenvalue weighted by Crippen LogP contribution is 2.18. The van der Waals surface area contributed by atoms with Gasteiger partial charge in [0.1, 0.15) is 5.82 Å². The largest absolute Gasteiger partial charge is 0.356 e. The lowest BCUT2D eigenvalue weighted by molar-refractivity contribution is 0.391. The van der Waals surface area contributed by atoms with Crippen molar-refractivity contribution in [2.45, 2.75) is 58.0 Å². The van der Waals surface area contributed by atoms with E-state index in [0.29, 0.717) is 17.9 Å². The van der Waals surface area contributed by atoms with Gasteiger partial charge < -0.3 is 10.6 Å². The predicted molar refractivity (Wildman–Crippen MR) is 103 cm³/mol. The van der Waals surface area contributed by atoms with Gasteiger partial charge in [-0.2, -0.15) is 16.4 Å². The molecule has 2 atom stereocenters. The number of guanidine groups is 1. The summed E-state index contributed by atoms with van der Waals surface area (Å²) >= 11 is 1.74. The zero-order chi connectivity index (χ0) is 17.8. The van der Waals surface area contributed by atoms with E-state index >= 15 is 0 Å². The summed E-state index contributed by atoms with van der Waals surface area (Å²) in [7, 11) is 1.82. The maximum absolute atomic E-state index is 4.65. The van der Waals surface area contributed by atoms with Gasteiger partial charge in [-0.25, -0.2) is 9.67 Å². The van der Waals surface area contributed by atoms with E-state index in [2.05, 4.69) is 68.0 Å². The summed E-state index contributed by atoms with van der Waals surface area (Å²) in [5, 5.41) is 16.0. The number of aromatic nitrogens is 3. The quantitative estimate of drug-likeness (QED) is 0.635. The van der Waals surface area contributed by atoms with E-state index in [4.69, 9.17) is 0 Å². The molecule has 3 heterocycles. The van der Waals surface area contributed by atoms with Crippen LogP contribution in [0.5, 0.6) is 0 Å². The Bertz CT molecular complexity index is 703. The molecule has 25 heavy (non-hydrogen) atoms.